The van der Waals surface area contributed by atoms with Gasteiger partial charge in [0.2, 0.25) is 0 Å². The Morgan fingerprint density at radius 3 is 2.45 bits per heavy atom. The van der Waals surface area contributed by atoms with E-state index >= 15 is 0 Å². The number of pyridine rings is 1. The number of nitrogens with zero attached hydrogens (tertiary/aromatic N) is 1. The molecule has 0 aliphatic rings. The zero-order valence-electron chi connectivity index (χ0n) is 16.7. The van der Waals surface area contributed by atoms with Crippen molar-refractivity contribution in [1.82, 2.24) is 4.98 Å². The van der Waals surface area contributed by atoms with Gasteiger partial charge in [-0.2, -0.15) is 0 Å². The van der Waals surface area contributed by atoms with Crippen LogP contribution in [0.1, 0.15) is 38.8 Å². The Labute approximate surface area is 169 Å². The molecule has 0 spiro atoms. The van der Waals surface area contributed by atoms with Gasteiger partial charge in [0.15, 0.2) is 0 Å². The van der Waals surface area contributed by atoms with Gasteiger partial charge in [-0.25, -0.2) is 9.78 Å². The van der Waals surface area contributed by atoms with Crippen LogP contribution in [-0.2, 0) is 4.74 Å². The zero-order valence-corrected chi connectivity index (χ0v) is 16.7. The molecule has 0 saturated heterocycles. The number of aryl methyl sites for hydroxylation is 2. The van der Waals surface area contributed by atoms with E-state index in [4.69, 9.17) is 4.74 Å². The predicted molar refractivity (Wildman–Crippen MR) is 114 cm³/mol. The average molecular weight is 389 g/mol. The number of nitrogens with one attached hydrogen (secondary N) is 2. The zero-order chi connectivity index (χ0) is 20.8. The quantitative estimate of drug-likeness (QED) is 0.588. The van der Waals surface area contributed by atoms with Crippen LogP contribution in [0.3, 0.4) is 0 Å². The van der Waals surface area contributed by atoms with Gasteiger partial charge >= 0.3 is 5.97 Å². The first-order valence-electron chi connectivity index (χ1n) is 9.35. The third-order valence-electron chi connectivity index (χ3n) is 4.33. The molecular weight excluding hydrogens is 366 g/mol. The van der Waals surface area contributed by atoms with Crippen molar-refractivity contribution in [2.24, 2.45) is 0 Å². The summed E-state index contributed by atoms with van der Waals surface area (Å²) < 4.78 is 4.96. The summed E-state index contributed by atoms with van der Waals surface area (Å²) in [6.07, 6.45) is 1.59. The average Bonchev–Trinajstić information content (AvgIpc) is 2.71. The van der Waals surface area contributed by atoms with Crippen LogP contribution in [0.15, 0.2) is 60.8 Å². The molecule has 29 heavy (non-hydrogen) atoms. The van der Waals surface area contributed by atoms with E-state index in [9.17, 15) is 9.59 Å². The summed E-state index contributed by atoms with van der Waals surface area (Å²) in [5.41, 5.74) is 4.68. The van der Waals surface area contributed by atoms with Gasteiger partial charge in [0.05, 0.1) is 12.2 Å². The number of ether oxygens (including phenoxy) is 1. The van der Waals surface area contributed by atoms with Crippen LogP contribution >= 0.6 is 0 Å². The number of hydrogen-bond acceptors (Lipinski definition) is 5. The summed E-state index contributed by atoms with van der Waals surface area (Å²) in [7, 11) is 0. The van der Waals surface area contributed by atoms with Crippen LogP contribution in [0.5, 0.6) is 0 Å². The first kappa shape index (κ1) is 20.1. The molecule has 2 aromatic carbocycles. The second-order valence-electron chi connectivity index (χ2n) is 6.63. The van der Waals surface area contributed by atoms with E-state index in [0.29, 0.717) is 29.2 Å². The lowest BCUT2D eigenvalue weighted by molar-refractivity contribution is 0.0526. The first-order chi connectivity index (χ1) is 14.0. The van der Waals surface area contributed by atoms with Crippen LogP contribution in [0.2, 0.25) is 0 Å². The maximum atomic E-state index is 12.6. The van der Waals surface area contributed by atoms with Crippen molar-refractivity contribution in [2.75, 3.05) is 17.2 Å². The molecule has 6 heteroatoms. The van der Waals surface area contributed by atoms with Crippen molar-refractivity contribution in [3.8, 4) is 0 Å². The van der Waals surface area contributed by atoms with Gasteiger partial charge < -0.3 is 15.4 Å². The predicted octanol–water partition coefficient (Wildman–Crippen LogP) is 4.87. The molecule has 1 amide bonds. The van der Waals surface area contributed by atoms with Crippen LogP contribution in [0.25, 0.3) is 0 Å². The van der Waals surface area contributed by atoms with Gasteiger partial charge in [-0.1, -0.05) is 12.1 Å². The largest absolute Gasteiger partial charge is 0.462 e. The van der Waals surface area contributed by atoms with Gasteiger partial charge in [0.25, 0.3) is 5.91 Å². The van der Waals surface area contributed by atoms with Crippen LogP contribution < -0.4 is 10.6 Å². The van der Waals surface area contributed by atoms with Gasteiger partial charge in [-0.3, -0.25) is 4.79 Å². The fourth-order valence-corrected chi connectivity index (χ4v) is 2.76. The Hall–Kier alpha value is -3.67. The molecule has 0 bridgehead atoms. The van der Waals surface area contributed by atoms with Crippen LogP contribution in [0, 0.1) is 13.8 Å². The van der Waals surface area contributed by atoms with Gasteiger partial charge in [0.1, 0.15) is 5.82 Å². The third kappa shape index (κ3) is 5.19. The molecular formula is C23H23N3O3. The van der Waals surface area contributed by atoms with E-state index in [0.717, 1.165) is 16.8 Å². The van der Waals surface area contributed by atoms with E-state index in [2.05, 4.69) is 15.6 Å². The van der Waals surface area contributed by atoms with Gasteiger partial charge in [0, 0.05) is 23.1 Å². The Kier molecular flexibility index (Phi) is 6.24. The summed E-state index contributed by atoms with van der Waals surface area (Å²) >= 11 is 0. The van der Waals surface area contributed by atoms with Gasteiger partial charge in [-0.15, -0.1) is 0 Å². The third-order valence-corrected chi connectivity index (χ3v) is 4.33. The second kappa shape index (κ2) is 9.01. The van der Waals surface area contributed by atoms with E-state index in [-0.39, 0.29) is 11.9 Å². The normalized spacial score (nSPS) is 10.3. The van der Waals surface area contributed by atoms with Gasteiger partial charge in [-0.05, 0) is 74.4 Å². The molecule has 3 rings (SSSR count). The van der Waals surface area contributed by atoms with E-state index < -0.39 is 0 Å². The summed E-state index contributed by atoms with van der Waals surface area (Å²) in [5, 5.41) is 6.08. The van der Waals surface area contributed by atoms with Crippen LogP contribution in [-0.4, -0.2) is 23.5 Å². The number of carbonyl (C=O) groups is 2. The molecule has 1 heterocycles. The van der Waals surface area contributed by atoms with E-state index in [1.165, 1.54) is 0 Å². The lowest BCUT2D eigenvalue weighted by Crippen LogP contribution is -2.13. The summed E-state index contributed by atoms with van der Waals surface area (Å²) in [4.78, 5) is 28.6. The SMILES string of the molecule is CCOC(=O)c1ccc(NC(=O)c2ccnc(Nc3cc(C)ccc3C)c2)cc1. The molecule has 2 N–H and O–H groups in total. The highest BCUT2D eigenvalue weighted by Crippen LogP contribution is 2.21. The number of esters is 1. The van der Waals surface area contributed by atoms with Crippen molar-refractivity contribution in [3.05, 3.63) is 83.0 Å². The molecule has 3 aromatic rings. The molecule has 0 atom stereocenters. The maximum Gasteiger partial charge on any atom is 0.338 e. The lowest BCUT2D eigenvalue weighted by Gasteiger charge is -2.11. The molecule has 0 fully saturated rings. The number of hydrogen-bond donors (Lipinski definition) is 2. The summed E-state index contributed by atoms with van der Waals surface area (Å²) in [6, 6.07) is 16.0. The van der Waals surface area contributed by atoms with Crippen molar-refractivity contribution < 1.29 is 14.3 Å². The number of aromatic nitrogens is 1. The molecule has 0 unspecified atom stereocenters. The monoisotopic (exact) mass is 389 g/mol. The van der Waals surface area contributed by atoms with Crippen molar-refractivity contribution in [3.63, 3.8) is 0 Å². The highest BCUT2D eigenvalue weighted by Gasteiger charge is 2.10. The molecule has 0 aliphatic heterocycles. The first-order valence-corrected chi connectivity index (χ1v) is 9.35. The minimum Gasteiger partial charge on any atom is -0.462 e. The van der Waals surface area contributed by atoms with Crippen molar-refractivity contribution >= 4 is 29.1 Å². The Morgan fingerprint density at radius 1 is 0.966 bits per heavy atom. The smallest absolute Gasteiger partial charge is 0.338 e. The number of carbonyl (C=O) groups excluding carboxylic acids is 2. The molecule has 1 aromatic heterocycles. The Balaban J connectivity index is 1.71. The number of benzene rings is 2. The standard InChI is InChI=1S/C23H23N3O3/c1-4-29-23(28)17-7-9-19(10-8-17)25-22(27)18-11-12-24-21(14-18)26-20-13-15(2)5-6-16(20)3/h5-14H,4H2,1-3H3,(H,24,26)(H,25,27). The Bertz CT molecular complexity index is 1030. The number of amides is 1. The lowest BCUT2D eigenvalue weighted by atomic mass is 10.1. The second-order valence-corrected chi connectivity index (χ2v) is 6.63. The summed E-state index contributed by atoms with van der Waals surface area (Å²) in [6.45, 7) is 6.11. The molecule has 6 nitrogen and oxygen atoms in total. The molecule has 0 radical (unpaired) electrons. The maximum absolute atomic E-state index is 12.6. The van der Waals surface area contributed by atoms with E-state index in [1.807, 2.05) is 32.0 Å². The number of rotatable bonds is 6. The topological polar surface area (TPSA) is 80.3 Å². The van der Waals surface area contributed by atoms with E-state index in [1.54, 1.807) is 49.5 Å². The van der Waals surface area contributed by atoms with Crippen molar-refractivity contribution in [2.45, 2.75) is 20.8 Å². The molecule has 148 valence electrons. The minimum absolute atomic E-state index is 0.264. The van der Waals surface area contributed by atoms with Crippen molar-refractivity contribution in [1.29, 1.82) is 0 Å². The summed E-state index contributed by atoms with van der Waals surface area (Å²) in [5.74, 6) is -0.0639. The highest BCUT2D eigenvalue weighted by molar-refractivity contribution is 6.05. The fourth-order valence-electron chi connectivity index (χ4n) is 2.76. The fraction of sp³-hybridized carbons (Fsp3) is 0.174. The molecule has 0 saturated carbocycles. The van der Waals surface area contributed by atoms with Crippen LogP contribution in [0.4, 0.5) is 17.2 Å². The molecule has 0 aliphatic carbocycles. The minimum atomic E-state index is -0.387. The number of anilines is 3. The highest BCUT2D eigenvalue weighted by atomic mass is 16.5. The Morgan fingerprint density at radius 2 is 1.72 bits per heavy atom.